The Kier molecular flexibility index (Phi) is 3.65. The van der Waals surface area contributed by atoms with Gasteiger partial charge in [-0.1, -0.05) is 26.0 Å². The van der Waals surface area contributed by atoms with Crippen LogP contribution in [0.25, 0.3) is 0 Å². The van der Waals surface area contributed by atoms with Gasteiger partial charge in [0.2, 0.25) is 5.91 Å². The Hall–Kier alpha value is -2.37. The van der Waals surface area contributed by atoms with Gasteiger partial charge >= 0.3 is 0 Å². The molecule has 2 amide bonds. The molecule has 3 aliphatic rings. The molecule has 0 aromatic heterocycles. The van der Waals surface area contributed by atoms with Gasteiger partial charge in [-0.25, -0.2) is 0 Å². The molecule has 3 atom stereocenters. The first-order chi connectivity index (χ1) is 12.4. The fourth-order valence-electron chi connectivity index (χ4n) is 4.68. The normalized spacial score (nSPS) is 34.7. The largest absolute Gasteiger partial charge is 0.496 e. The van der Waals surface area contributed by atoms with Crippen LogP contribution in [-0.4, -0.2) is 47.2 Å². The van der Waals surface area contributed by atoms with Gasteiger partial charge in [0, 0.05) is 18.7 Å². The maximum Gasteiger partial charge on any atom is 0.255 e. The number of carbonyl (C=O) groups is 2. The van der Waals surface area contributed by atoms with Crippen molar-refractivity contribution in [2.24, 2.45) is 11.8 Å². The van der Waals surface area contributed by atoms with Crippen molar-refractivity contribution in [1.82, 2.24) is 10.2 Å². The number of nitrogens with zero attached hydrogens (tertiary/aromatic N) is 1. The van der Waals surface area contributed by atoms with E-state index < -0.39 is 5.54 Å². The SMILES string of the molecule is COc1ccccc1C(=O)NC1(C(=O)N2CCCC23CC3=N)C(C)C1C. The van der Waals surface area contributed by atoms with E-state index in [0.29, 0.717) is 30.0 Å². The molecule has 1 heterocycles. The summed E-state index contributed by atoms with van der Waals surface area (Å²) in [6.45, 7) is 4.69. The second-order valence-electron chi connectivity index (χ2n) is 7.85. The number of benzene rings is 1. The molecule has 1 aromatic rings. The number of hydrogen-bond acceptors (Lipinski definition) is 4. The van der Waals surface area contributed by atoms with Gasteiger partial charge in [-0.05, 0) is 36.8 Å². The first-order valence-electron chi connectivity index (χ1n) is 9.24. The molecule has 3 unspecified atom stereocenters. The molecule has 6 nitrogen and oxygen atoms in total. The highest BCUT2D eigenvalue weighted by atomic mass is 16.5. The first-order valence-corrected chi connectivity index (χ1v) is 9.24. The van der Waals surface area contributed by atoms with Crippen LogP contribution in [0.4, 0.5) is 0 Å². The lowest BCUT2D eigenvalue weighted by Gasteiger charge is -2.30. The van der Waals surface area contributed by atoms with E-state index in [1.807, 2.05) is 24.8 Å². The molecule has 3 fully saturated rings. The predicted octanol–water partition coefficient (Wildman–Crippen LogP) is 2.23. The van der Waals surface area contributed by atoms with E-state index in [4.69, 9.17) is 10.1 Å². The molecule has 0 radical (unpaired) electrons. The van der Waals surface area contributed by atoms with Crippen LogP contribution in [0.15, 0.2) is 24.3 Å². The Labute approximate surface area is 153 Å². The molecular weight excluding hydrogens is 330 g/mol. The van der Waals surface area contributed by atoms with Crippen LogP contribution < -0.4 is 10.1 Å². The summed E-state index contributed by atoms with van der Waals surface area (Å²) in [5, 5.41) is 11.1. The van der Waals surface area contributed by atoms with Gasteiger partial charge in [0.05, 0.1) is 18.2 Å². The monoisotopic (exact) mass is 355 g/mol. The molecule has 1 aromatic carbocycles. The zero-order valence-corrected chi connectivity index (χ0v) is 15.5. The van der Waals surface area contributed by atoms with E-state index in [0.717, 1.165) is 12.8 Å². The van der Waals surface area contributed by atoms with Gasteiger partial charge in [0.15, 0.2) is 0 Å². The van der Waals surface area contributed by atoms with Gasteiger partial charge in [-0.15, -0.1) is 0 Å². The van der Waals surface area contributed by atoms with Crippen LogP contribution >= 0.6 is 0 Å². The molecular formula is C20H25N3O3. The van der Waals surface area contributed by atoms with Crippen molar-refractivity contribution >= 4 is 17.5 Å². The maximum atomic E-state index is 13.5. The summed E-state index contributed by atoms with van der Waals surface area (Å²) in [6, 6.07) is 7.04. The molecule has 138 valence electrons. The fraction of sp³-hybridized carbons (Fsp3) is 0.550. The summed E-state index contributed by atoms with van der Waals surface area (Å²) in [5.41, 5.74) is -0.154. The summed E-state index contributed by atoms with van der Waals surface area (Å²) in [7, 11) is 1.53. The Morgan fingerprint density at radius 1 is 1.27 bits per heavy atom. The van der Waals surface area contributed by atoms with E-state index >= 15 is 0 Å². The smallest absolute Gasteiger partial charge is 0.255 e. The van der Waals surface area contributed by atoms with Gasteiger partial charge in [-0.2, -0.15) is 0 Å². The minimum absolute atomic E-state index is 0.0273. The van der Waals surface area contributed by atoms with E-state index in [-0.39, 0.29) is 29.2 Å². The Bertz CT molecular complexity index is 797. The van der Waals surface area contributed by atoms with Gasteiger partial charge in [-0.3, -0.25) is 9.59 Å². The Balaban J connectivity index is 1.61. The molecule has 1 aliphatic heterocycles. The quantitative estimate of drug-likeness (QED) is 0.869. The zero-order chi connectivity index (χ0) is 18.7. The van der Waals surface area contributed by atoms with Crippen molar-refractivity contribution in [3.05, 3.63) is 29.8 Å². The third-order valence-corrected chi connectivity index (χ3v) is 6.74. The molecule has 1 spiro atoms. The third kappa shape index (κ3) is 2.14. The van der Waals surface area contributed by atoms with E-state index in [1.54, 1.807) is 18.2 Å². The zero-order valence-electron chi connectivity index (χ0n) is 15.5. The summed E-state index contributed by atoms with van der Waals surface area (Å²) < 4.78 is 5.29. The lowest BCUT2D eigenvalue weighted by atomic mass is 10.1. The van der Waals surface area contributed by atoms with Gasteiger partial charge in [0.25, 0.3) is 5.91 Å². The number of hydrogen-bond donors (Lipinski definition) is 2. The van der Waals surface area contributed by atoms with Crippen LogP contribution in [0.1, 0.15) is 43.5 Å². The second kappa shape index (κ2) is 5.56. The molecule has 2 saturated carbocycles. The standard InChI is InChI=1S/C20H25N3O3/c1-12-13(2)20(12,18(25)23-10-6-9-19(23)11-16(19)21)22-17(24)14-7-4-5-8-15(14)26-3/h4-5,7-8,12-13,21H,6,9-11H2,1-3H3,(H,22,24). The highest BCUT2D eigenvalue weighted by Crippen LogP contribution is 2.55. The molecule has 0 bridgehead atoms. The minimum Gasteiger partial charge on any atom is -0.496 e. The van der Waals surface area contributed by atoms with Crippen molar-refractivity contribution in [1.29, 1.82) is 5.41 Å². The number of nitrogens with one attached hydrogen (secondary N) is 2. The Morgan fingerprint density at radius 3 is 2.50 bits per heavy atom. The van der Waals surface area contributed by atoms with Gasteiger partial charge < -0.3 is 20.4 Å². The summed E-state index contributed by atoms with van der Waals surface area (Å²) in [4.78, 5) is 28.2. The Morgan fingerprint density at radius 2 is 1.92 bits per heavy atom. The molecule has 6 heteroatoms. The maximum absolute atomic E-state index is 13.5. The van der Waals surface area contributed by atoms with Crippen molar-refractivity contribution in [2.75, 3.05) is 13.7 Å². The fourth-order valence-corrected chi connectivity index (χ4v) is 4.68. The second-order valence-corrected chi connectivity index (χ2v) is 7.85. The van der Waals surface area contributed by atoms with Crippen LogP contribution in [0.3, 0.4) is 0 Å². The van der Waals surface area contributed by atoms with E-state index in [1.165, 1.54) is 7.11 Å². The van der Waals surface area contributed by atoms with Crippen molar-refractivity contribution in [3.63, 3.8) is 0 Å². The summed E-state index contributed by atoms with van der Waals surface area (Å²) in [6.07, 6.45) is 2.47. The highest BCUT2D eigenvalue weighted by Gasteiger charge is 2.70. The number of ether oxygens (including phenoxy) is 1. The topological polar surface area (TPSA) is 82.5 Å². The van der Waals surface area contributed by atoms with Crippen molar-refractivity contribution in [2.45, 2.75) is 44.2 Å². The number of para-hydroxylation sites is 1. The summed E-state index contributed by atoms with van der Waals surface area (Å²) >= 11 is 0. The minimum atomic E-state index is -0.877. The number of amides is 2. The summed E-state index contributed by atoms with van der Waals surface area (Å²) in [5.74, 6) is 0.320. The van der Waals surface area contributed by atoms with Crippen molar-refractivity contribution < 1.29 is 14.3 Å². The predicted molar refractivity (Wildman–Crippen MR) is 97.5 cm³/mol. The van der Waals surface area contributed by atoms with Crippen LogP contribution in [0.5, 0.6) is 5.75 Å². The van der Waals surface area contributed by atoms with Crippen LogP contribution in [-0.2, 0) is 4.79 Å². The van der Waals surface area contributed by atoms with Crippen LogP contribution in [0, 0.1) is 17.2 Å². The van der Waals surface area contributed by atoms with Crippen molar-refractivity contribution in [3.8, 4) is 5.75 Å². The molecule has 2 N–H and O–H groups in total. The van der Waals surface area contributed by atoms with E-state index in [2.05, 4.69) is 5.32 Å². The molecule has 26 heavy (non-hydrogen) atoms. The first kappa shape index (κ1) is 17.1. The lowest BCUT2D eigenvalue weighted by Crippen LogP contribution is -2.55. The average molecular weight is 355 g/mol. The lowest BCUT2D eigenvalue weighted by molar-refractivity contribution is -0.136. The highest BCUT2D eigenvalue weighted by molar-refractivity contribution is 6.12. The van der Waals surface area contributed by atoms with Crippen LogP contribution in [0.2, 0.25) is 0 Å². The average Bonchev–Trinajstić information content (AvgIpc) is 3.33. The number of likely N-dealkylation sites (tertiary alicyclic amines) is 1. The molecule has 2 aliphatic carbocycles. The van der Waals surface area contributed by atoms with Gasteiger partial charge in [0.1, 0.15) is 11.3 Å². The third-order valence-electron chi connectivity index (χ3n) is 6.74. The number of carbonyl (C=O) groups excluding carboxylic acids is 2. The molecule has 4 rings (SSSR count). The van der Waals surface area contributed by atoms with E-state index in [9.17, 15) is 9.59 Å². The molecule has 1 saturated heterocycles. The number of rotatable bonds is 4. The number of methoxy groups -OCH3 is 1.